The molecule has 1 aliphatic rings. The maximum absolute atomic E-state index is 12.5. The van der Waals surface area contributed by atoms with Gasteiger partial charge in [-0.05, 0) is 32.8 Å². The van der Waals surface area contributed by atoms with Gasteiger partial charge in [-0.15, -0.1) is 0 Å². The van der Waals surface area contributed by atoms with Crippen LogP contribution in [0.1, 0.15) is 54.2 Å². The SMILES string of the molecule is CCn1nc(C(=O)NCCc2cn[nH]c2)c2c1[C@H](C)O[C@H](C)C2. The Morgan fingerprint density at radius 2 is 2.35 bits per heavy atom. The first-order valence-electron chi connectivity index (χ1n) is 8.11. The van der Waals surface area contributed by atoms with E-state index < -0.39 is 0 Å². The Morgan fingerprint density at radius 3 is 3.04 bits per heavy atom. The Balaban J connectivity index is 1.75. The molecule has 0 unspecified atom stereocenters. The van der Waals surface area contributed by atoms with Crippen molar-refractivity contribution in [2.45, 2.75) is 52.4 Å². The lowest BCUT2D eigenvalue weighted by atomic mass is 9.99. The Bertz CT molecular complexity index is 677. The van der Waals surface area contributed by atoms with Crippen molar-refractivity contribution in [1.29, 1.82) is 0 Å². The van der Waals surface area contributed by atoms with Gasteiger partial charge in [0.1, 0.15) is 0 Å². The summed E-state index contributed by atoms with van der Waals surface area (Å²) in [7, 11) is 0. The number of ether oxygens (including phenoxy) is 1. The van der Waals surface area contributed by atoms with Gasteiger partial charge in [0.2, 0.25) is 0 Å². The molecule has 0 aliphatic carbocycles. The fourth-order valence-corrected chi connectivity index (χ4v) is 3.16. The molecule has 0 fully saturated rings. The van der Waals surface area contributed by atoms with E-state index in [2.05, 4.69) is 20.6 Å². The van der Waals surface area contributed by atoms with Gasteiger partial charge in [-0.25, -0.2) is 0 Å². The summed E-state index contributed by atoms with van der Waals surface area (Å²) in [6.07, 6.45) is 5.14. The average molecular weight is 317 g/mol. The molecule has 3 heterocycles. The molecular weight excluding hydrogens is 294 g/mol. The molecule has 7 nitrogen and oxygen atoms in total. The molecule has 2 atom stereocenters. The van der Waals surface area contributed by atoms with E-state index in [0.717, 1.165) is 36.2 Å². The van der Waals surface area contributed by atoms with Gasteiger partial charge in [-0.2, -0.15) is 10.2 Å². The van der Waals surface area contributed by atoms with Crippen LogP contribution in [0, 0.1) is 0 Å². The first-order chi connectivity index (χ1) is 11.1. The number of hydrogen-bond donors (Lipinski definition) is 2. The molecule has 0 radical (unpaired) electrons. The first kappa shape index (κ1) is 15.7. The van der Waals surface area contributed by atoms with Crippen LogP contribution in [0.25, 0.3) is 0 Å². The van der Waals surface area contributed by atoms with Crippen LogP contribution in [-0.4, -0.2) is 38.5 Å². The first-order valence-corrected chi connectivity index (χ1v) is 8.11. The van der Waals surface area contributed by atoms with Crippen molar-refractivity contribution in [2.75, 3.05) is 6.54 Å². The summed E-state index contributed by atoms with van der Waals surface area (Å²) in [6, 6.07) is 0. The quantitative estimate of drug-likeness (QED) is 0.877. The van der Waals surface area contributed by atoms with Crippen LogP contribution in [0.3, 0.4) is 0 Å². The largest absolute Gasteiger partial charge is 0.369 e. The van der Waals surface area contributed by atoms with Crippen molar-refractivity contribution >= 4 is 5.91 Å². The van der Waals surface area contributed by atoms with E-state index >= 15 is 0 Å². The molecular formula is C16H23N5O2. The second-order valence-electron chi connectivity index (χ2n) is 5.93. The minimum absolute atomic E-state index is 0.0336. The molecule has 0 aromatic carbocycles. The van der Waals surface area contributed by atoms with Crippen LogP contribution in [0.4, 0.5) is 0 Å². The van der Waals surface area contributed by atoms with Crippen LogP contribution >= 0.6 is 0 Å². The molecule has 0 saturated heterocycles. The maximum Gasteiger partial charge on any atom is 0.272 e. The van der Waals surface area contributed by atoms with Gasteiger partial charge in [0.05, 0.1) is 24.1 Å². The maximum atomic E-state index is 12.5. The highest BCUT2D eigenvalue weighted by atomic mass is 16.5. The number of rotatable bonds is 5. The molecule has 1 amide bonds. The predicted octanol–water partition coefficient (Wildman–Crippen LogP) is 1.62. The van der Waals surface area contributed by atoms with Crippen LogP contribution < -0.4 is 5.32 Å². The molecule has 0 spiro atoms. The second kappa shape index (κ2) is 6.54. The number of carbonyl (C=O) groups is 1. The number of carbonyl (C=O) groups excluding carboxylic acids is 1. The van der Waals surface area contributed by atoms with E-state index in [4.69, 9.17) is 4.74 Å². The molecule has 2 N–H and O–H groups in total. The number of aromatic amines is 1. The normalized spacial score (nSPS) is 20.3. The fourth-order valence-electron chi connectivity index (χ4n) is 3.16. The Morgan fingerprint density at radius 1 is 1.52 bits per heavy atom. The van der Waals surface area contributed by atoms with E-state index in [1.54, 1.807) is 6.20 Å². The van der Waals surface area contributed by atoms with Gasteiger partial charge in [0.15, 0.2) is 5.69 Å². The number of H-pyrrole nitrogens is 1. The van der Waals surface area contributed by atoms with Gasteiger partial charge >= 0.3 is 0 Å². The number of aryl methyl sites for hydroxylation is 1. The molecule has 2 aromatic rings. The number of hydrogen-bond acceptors (Lipinski definition) is 4. The highest BCUT2D eigenvalue weighted by Crippen LogP contribution is 2.32. The lowest BCUT2D eigenvalue weighted by Crippen LogP contribution is -2.29. The zero-order valence-electron chi connectivity index (χ0n) is 13.8. The zero-order chi connectivity index (χ0) is 16.4. The van der Waals surface area contributed by atoms with Gasteiger partial charge in [0.25, 0.3) is 5.91 Å². The molecule has 0 bridgehead atoms. The Hall–Kier alpha value is -2.15. The smallest absolute Gasteiger partial charge is 0.272 e. The third kappa shape index (κ3) is 3.14. The highest BCUT2D eigenvalue weighted by Gasteiger charge is 2.31. The lowest BCUT2D eigenvalue weighted by molar-refractivity contribution is -0.00948. The molecule has 2 aromatic heterocycles. The number of aromatic nitrogens is 4. The monoisotopic (exact) mass is 317 g/mol. The van der Waals surface area contributed by atoms with E-state index in [0.29, 0.717) is 12.2 Å². The summed E-state index contributed by atoms with van der Waals surface area (Å²) in [6.45, 7) is 7.37. The standard InChI is InChI=1S/C16H23N5O2/c1-4-21-15-11(3)23-10(2)7-13(15)14(20-21)16(22)17-6-5-12-8-18-19-9-12/h8-11H,4-7H2,1-3H3,(H,17,22)(H,18,19)/t10-,11+/m1/s1. The topological polar surface area (TPSA) is 84.8 Å². The van der Waals surface area contributed by atoms with Gasteiger partial charge in [0, 0.05) is 31.3 Å². The van der Waals surface area contributed by atoms with Crippen molar-refractivity contribution < 1.29 is 9.53 Å². The number of nitrogens with one attached hydrogen (secondary N) is 2. The van der Waals surface area contributed by atoms with Crippen molar-refractivity contribution in [1.82, 2.24) is 25.3 Å². The summed E-state index contributed by atoms with van der Waals surface area (Å²) in [5, 5.41) is 14.1. The number of nitrogens with zero attached hydrogens (tertiary/aromatic N) is 3. The lowest BCUT2D eigenvalue weighted by Gasteiger charge is -2.26. The van der Waals surface area contributed by atoms with Gasteiger partial charge in [-0.3, -0.25) is 14.6 Å². The summed E-state index contributed by atoms with van der Waals surface area (Å²) in [5.74, 6) is -0.113. The average Bonchev–Trinajstić information content (AvgIpc) is 3.14. The fraction of sp³-hybridized carbons (Fsp3) is 0.562. The van der Waals surface area contributed by atoms with Crippen molar-refractivity contribution in [3.05, 3.63) is 34.9 Å². The summed E-state index contributed by atoms with van der Waals surface area (Å²) < 4.78 is 7.76. The molecule has 7 heteroatoms. The van der Waals surface area contributed by atoms with E-state index in [1.807, 2.05) is 31.6 Å². The molecule has 23 heavy (non-hydrogen) atoms. The molecule has 1 aliphatic heterocycles. The van der Waals surface area contributed by atoms with E-state index in [1.165, 1.54) is 0 Å². The van der Waals surface area contributed by atoms with Crippen LogP contribution in [0.5, 0.6) is 0 Å². The molecule has 0 saturated carbocycles. The minimum Gasteiger partial charge on any atom is -0.369 e. The number of fused-ring (bicyclic) bond motifs is 1. The molecule has 3 rings (SSSR count). The van der Waals surface area contributed by atoms with Gasteiger partial charge in [-0.1, -0.05) is 0 Å². The van der Waals surface area contributed by atoms with Crippen LogP contribution in [0.2, 0.25) is 0 Å². The third-order valence-corrected chi connectivity index (χ3v) is 4.18. The number of amides is 1. The molecule has 124 valence electrons. The summed E-state index contributed by atoms with van der Waals surface area (Å²) in [5.41, 5.74) is 3.67. The highest BCUT2D eigenvalue weighted by molar-refractivity contribution is 5.94. The van der Waals surface area contributed by atoms with Crippen molar-refractivity contribution in [3.63, 3.8) is 0 Å². The van der Waals surface area contributed by atoms with Crippen molar-refractivity contribution in [3.8, 4) is 0 Å². The third-order valence-electron chi connectivity index (χ3n) is 4.18. The van der Waals surface area contributed by atoms with Crippen molar-refractivity contribution in [2.24, 2.45) is 0 Å². The summed E-state index contributed by atoms with van der Waals surface area (Å²) >= 11 is 0. The zero-order valence-corrected chi connectivity index (χ0v) is 13.8. The Kier molecular flexibility index (Phi) is 4.47. The second-order valence-corrected chi connectivity index (χ2v) is 5.93. The van der Waals surface area contributed by atoms with Crippen LogP contribution in [-0.2, 0) is 24.1 Å². The Labute approximate surface area is 135 Å². The van der Waals surface area contributed by atoms with E-state index in [-0.39, 0.29) is 18.1 Å². The van der Waals surface area contributed by atoms with E-state index in [9.17, 15) is 4.79 Å². The minimum atomic E-state index is -0.113. The van der Waals surface area contributed by atoms with Crippen LogP contribution in [0.15, 0.2) is 12.4 Å². The predicted molar refractivity (Wildman–Crippen MR) is 85.2 cm³/mol. The van der Waals surface area contributed by atoms with Gasteiger partial charge < -0.3 is 10.1 Å². The summed E-state index contributed by atoms with van der Waals surface area (Å²) in [4.78, 5) is 12.5.